The molecule has 0 unspecified atom stereocenters. The average Bonchev–Trinajstić information content (AvgIpc) is 3.12. The van der Waals surface area contributed by atoms with Gasteiger partial charge in [0.25, 0.3) is 5.56 Å². The van der Waals surface area contributed by atoms with E-state index < -0.39 is 33.8 Å². The molecule has 1 saturated carbocycles. The third kappa shape index (κ3) is 3.05. The first-order chi connectivity index (χ1) is 14.8. The van der Waals surface area contributed by atoms with Crippen molar-refractivity contribution in [3.63, 3.8) is 0 Å². The number of aromatic amines is 1. The third-order valence-corrected chi connectivity index (χ3v) is 5.86. The van der Waals surface area contributed by atoms with E-state index in [1.54, 1.807) is 0 Å². The van der Waals surface area contributed by atoms with Crippen molar-refractivity contribution in [1.29, 1.82) is 0 Å². The average molecular weight is 430 g/mol. The Bertz CT molecular complexity index is 1450. The number of H-pyrrole nitrogens is 1. The van der Waals surface area contributed by atoms with Crippen LogP contribution in [0.4, 0.5) is 13.2 Å². The molecule has 160 valence electrons. The van der Waals surface area contributed by atoms with Gasteiger partial charge in [-0.05, 0) is 43.9 Å². The van der Waals surface area contributed by atoms with Gasteiger partial charge in [-0.1, -0.05) is 0 Å². The fourth-order valence-corrected chi connectivity index (χ4v) is 4.28. The van der Waals surface area contributed by atoms with Gasteiger partial charge in [-0.25, -0.2) is 18.2 Å². The maximum absolute atomic E-state index is 15.0. The largest absolute Gasteiger partial charge is 0.359 e. The molecular weight excluding hydrogens is 413 g/mol. The van der Waals surface area contributed by atoms with Crippen LogP contribution in [-0.2, 0) is 0 Å². The van der Waals surface area contributed by atoms with E-state index >= 15 is 0 Å². The molecule has 0 spiro atoms. The molecule has 0 aliphatic heterocycles. The normalized spacial score (nSPS) is 19.4. The zero-order chi connectivity index (χ0) is 21.9. The van der Waals surface area contributed by atoms with Gasteiger partial charge in [-0.3, -0.25) is 14.2 Å². The number of benzene rings is 1. The van der Waals surface area contributed by atoms with E-state index in [0.717, 1.165) is 22.8 Å². The van der Waals surface area contributed by atoms with E-state index in [4.69, 9.17) is 10.3 Å². The molecule has 3 N–H and O–H groups in total. The molecule has 3 heterocycles. The fourth-order valence-electron chi connectivity index (χ4n) is 4.28. The Morgan fingerprint density at radius 2 is 1.81 bits per heavy atom. The second-order valence-corrected chi connectivity index (χ2v) is 7.81. The van der Waals surface area contributed by atoms with Crippen LogP contribution in [0.2, 0.25) is 0 Å². The lowest BCUT2D eigenvalue weighted by Gasteiger charge is -2.26. The molecule has 7 nitrogen and oxygen atoms in total. The first-order valence-corrected chi connectivity index (χ1v) is 9.82. The molecule has 1 aromatic carbocycles. The van der Waals surface area contributed by atoms with Crippen molar-refractivity contribution in [2.24, 2.45) is 5.73 Å². The van der Waals surface area contributed by atoms with Crippen LogP contribution in [0.5, 0.6) is 0 Å². The number of hydrogen-bond donors (Lipinski definition) is 2. The molecule has 0 saturated heterocycles. The van der Waals surface area contributed by atoms with Crippen molar-refractivity contribution in [2.75, 3.05) is 0 Å². The Kier molecular flexibility index (Phi) is 4.47. The van der Waals surface area contributed by atoms with Crippen LogP contribution in [0.1, 0.15) is 37.3 Å². The number of pyridine rings is 2. The van der Waals surface area contributed by atoms with Crippen LogP contribution in [0.15, 0.2) is 38.4 Å². The lowest BCUT2D eigenvalue weighted by molar-refractivity contribution is 0.381. The highest BCUT2D eigenvalue weighted by Gasteiger charge is 2.27. The summed E-state index contributed by atoms with van der Waals surface area (Å²) in [6.07, 6.45) is 2.64. The number of nitrogens with one attached hydrogen (secondary N) is 1. The highest BCUT2D eigenvalue weighted by atomic mass is 19.1. The first kappa shape index (κ1) is 19.6. The maximum atomic E-state index is 15.0. The molecule has 0 bridgehead atoms. The zero-order valence-electron chi connectivity index (χ0n) is 16.1. The molecule has 1 fully saturated rings. The summed E-state index contributed by atoms with van der Waals surface area (Å²) in [5.41, 5.74) is 3.86. The summed E-state index contributed by atoms with van der Waals surface area (Å²) >= 11 is 0. The van der Waals surface area contributed by atoms with E-state index in [1.165, 1.54) is 0 Å². The summed E-state index contributed by atoms with van der Waals surface area (Å²) in [5.74, 6) is -2.68. The van der Waals surface area contributed by atoms with Gasteiger partial charge in [0.15, 0.2) is 11.0 Å². The van der Waals surface area contributed by atoms with E-state index in [-0.39, 0.29) is 40.1 Å². The Balaban J connectivity index is 1.88. The lowest BCUT2D eigenvalue weighted by atomic mass is 9.84. The number of nitrogens with zero attached hydrogens (tertiary/aromatic N) is 2. The topological polar surface area (TPSA) is 107 Å². The van der Waals surface area contributed by atoms with Gasteiger partial charge in [0, 0.05) is 18.0 Å². The standard InChI is InChI=1S/C21H17F3N4O3/c22-10-3-6-15(13(23)7-10)28-19-12(18(29)16-20(30)27-31-21(16)28)8-14(24)17(26-19)9-1-4-11(25)5-2-9/h3,6-9,11H,1-2,4-5,25H2,(H,27,30). The van der Waals surface area contributed by atoms with E-state index in [1.807, 2.05) is 5.16 Å². The monoisotopic (exact) mass is 430 g/mol. The van der Waals surface area contributed by atoms with Gasteiger partial charge >= 0.3 is 0 Å². The summed E-state index contributed by atoms with van der Waals surface area (Å²) in [6.45, 7) is 0. The third-order valence-electron chi connectivity index (χ3n) is 5.86. The molecular formula is C21H17F3N4O3. The Labute approximate surface area is 172 Å². The zero-order valence-corrected chi connectivity index (χ0v) is 16.1. The van der Waals surface area contributed by atoms with Gasteiger partial charge in [-0.15, -0.1) is 0 Å². The van der Waals surface area contributed by atoms with Crippen LogP contribution >= 0.6 is 0 Å². The van der Waals surface area contributed by atoms with Crippen molar-refractivity contribution in [3.8, 4) is 5.69 Å². The van der Waals surface area contributed by atoms with E-state index in [9.17, 15) is 22.8 Å². The van der Waals surface area contributed by atoms with Crippen LogP contribution in [0, 0.1) is 17.5 Å². The number of nitrogens with two attached hydrogens (primary N) is 1. The number of fused-ring (bicyclic) bond motifs is 2. The van der Waals surface area contributed by atoms with Crippen LogP contribution < -0.4 is 16.7 Å². The Morgan fingerprint density at radius 3 is 2.52 bits per heavy atom. The van der Waals surface area contributed by atoms with Crippen molar-refractivity contribution < 1.29 is 17.7 Å². The molecule has 4 aromatic rings. The lowest BCUT2D eigenvalue weighted by Crippen LogP contribution is -2.26. The Hall–Kier alpha value is -3.40. The number of hydrogen-bond acceptors (Lipinski definition) is 5. The summed E-state index contributed by atoms with van der Waals surface area (Å²) < 4.78 is 49.4. The van der Waals surface area contributed by atoms with Crippen LogP contribution in [-0.4, -0.2) is 20.7 Å². The second-order valence-electron chi connectivity index (χ2n) is 7.81. The minimum Gasteiger partial charge on any atom is -0.359 e. The second kappa shape index (κ2) is 7.09. The summed E-state index contributed by atoms with van der Waals surface area (Å²) in [5, 5.41) is 1.43. The maximum Gasteiger partial charge on any atom is 0.293 e. The van der Waals surface area contributed by atoms with E-state index in [0.29, 0.717) is 31.7 Å². The predicted molar refractivity (Wildman–Crippen MR) is 107 cm³/mol. The summed E-state index contributed by atoms with van der Waals surface area (Å²) in [6, 6.07) is 3.86. The van der Waals surface area contributed by atoms with E-state index in [2.05, 4.69) is 4.98 Å². The van der Waals surface area contributed by atoms with Crippen LogP contribution in [0.3, 0.4) is 0 Å². The predicted octanol–water partition coefficient (Wildman–Crippen LogP) is 3.22. The molecule has 0 radical (unpaired) electrons. The molecule has 1 aliphatic carbocycles. The Morgan fingerprint density at radius 1 is 1.06 bits per heavy atom. The highest BCUT2D eigenvalue weighted by Crippen LogP contribution is 2.34. The van der Waals surface area contributed by atoms with Gasteiger partial charge < -0.3 is 10.3 Å². The molecule has 0 atom stereocenters. The number of halogens is 3. The van der Waals surface area contributed by atoms with Crippen LogP contribution in [0.25, 0.3) is 27.8 Å². The fraction of sp³-hybridized carbons (Fsp3) is 0.286. The summed E-state index contributed by atoms with van der Waals surface area (Å²) in [4.78, 5) is 29.5. The van der Waals surface area contributed by atoms with Gasteiger partial charge in [0.2, 0.25) is 11.1 Å². The van der Waals surface area contributed by atoms with Crippen molar-refractivity contribution in [3.05, 3.63) is 68.0 Å². The van der Waals surface area contributed by atoms with Gasteiger partial charge in [0.1, 0.15) is 17.5 Å². The molecule has 3 aromatic heterocycles. The minimum absolute atomic E-state index is 0.0417. The smallest absolute Gasteiger partial charge is 0.293 e. The summed E-state index contributed by atoms with van der Waals surface area (Å²) in [7, 11) is 0. The highest BCUT2D eigenvalue weighted by molar-refractivity contribution is 5.90. The van der Waals surface area contributed by atoms with Crippen molar-refractivity contribution >= 4 is 22.1 Å². The van der Waals surface area contributed by atoms with Crippen molar-refractivity contribution in [1.82, 2.24) is 14.7 Å². The van der Waals surface area contributed by atoms with Gasteiger partial charge in [-0.2, -0.15) is 5.16 Å². The van der Waals surface area contributed by atoms with Crippen molar-refractivity contribution in [2.45, 2.75) is 37.6 Å². The molecule has 5 rings (SSSR count). The number of rotatable bonds is 2. The quantitative estimate of drug-likeness (QED) is 0.508. The number of aromatic nitrogens is 3. The minimum atomic E-state index is -0.966. The molecule has 31 heavy (non-hydrogen) atoms. The molecule has 10 heteroatoms. The molecule has 1 aliphatic rings. The SMILES string of the molecule is NC1CCC(c2nc3c(cc2F)c(=O)c2c(=O)[nH]oc2n3-c2ccc(F)cc2F)CC1. The molecule has 0 amide bonds. The van der Waals surface area contributed by atoms with Gasteiger partial charge in [0.05, 0.1) is 16.8 Å². The first-order valence-electron chi connectivity index (χ1n) is 9.82.